The average Bonchev–Trinajstić information content (AvgIpc) is 2.75. The Bertz CT molecular complexity index is 378. The molecule has 0 saturated carbocycles. The molecule has 1 unspecified atom stereocenters. The molecule has 0 spiro atoms. The Morgan fingerprint density at radius 2 is 2.22 bits per heavy atom. The highest BCUT2D eigenvalue weighted by atomic mass is 32.1. The molecule has 1 N–H and O–H groups in total. The molecule has 0 radical (unpaired) electrons. The molecule has 3 heteroatoms. The second-order valence-corrected chi connectivity index (χ2v) is 7.28. The quantitative estimate of drug-likeness (QED) is 0.900. The standard InChI is InChI=1S/C15H26N2S/c1-5-13(10-16-15(2,3)4)17-8-6-14-12(11-17)7-9-18-14/h7,9,13,16H,5-6,8,10-11H2,1-4H3. The van der Waals surface area contributed by atoms with E-state index in [9.17, 15) is 0 Å². The van der Waals surface area contributed by atoms with Gasteiger partial charge in [-0.3, -0.25) is 4.90 Å². The van der Waals surface area contributed by atoms with Crippen molar-refractivity contribution in [3.63, 3.8) is 0 Å². The zero-order chi connectivity index (χ0) is 13.2. The number of nitrogens with one attached hydrogen (secondary N) is 1. The van der Waals surface area contributed by atoms with E-state index in [-0.39, 0.29) is 5.54 Å². The van der Waals surface area contributed by atoms with Gasteiger partial charge in [0.05, 0.1) is 0 Å². The van der Waals surface area contributed by atoms with Crippen molar-refractivity contribution < 1.29 is 0 Å². The van der Waals surface area contributed by atoms with Gasteiger partial charge in [0.1, 0.15) is 0 Å². The molecule has 102 valence electrons. The topological polar surface area (TPSA) is 15.3 Å². The third-order valence-electron chi connectivity index (χ3n) is 3.69. The molecule has 1 aromatic rings. The van der Waals surface area contributed by atoms with E-state index >= 15 is 0 Å². The molecule has 0 aromatic carbocycles. The molecule has 2 heterocycles. The molecule has 0 bridgehead atoms. The summed E-state index contributed by atoms with van der Waals surface area (Å²) in [5.41, 5.74) is 1.77. The van der Waals surface area contributed by atoms with Gasteiger partial charge >= 0.3 is 0 Å². The lowest BCUT2D eigenvalue weighted by Gasteiger charge is -2.36. The molecule has 2 nitrogen and oxygen atoms in total. The summed E-state index contributed by atoms with van der Waals surface area (Å²) in [6, 6.07) is 2.97. The van der Waals surface area contributed by atoms with Gasteiger partial charge in [-0.2, -0.15) is 0 Å². The van der Waals surface area contributed by atoms with Gasteiger partial charge in [0.25, 0.3) is 0 Å². The first-order chi connectivity index (χ1) is 8.49. The van der Waals surface area contributed by atoms with Crippen LogP contribution in [0.15, 0.2) is 11.4 Å². The van der Waals surface area contributed by atoms with Crippen LogP contribution in [-0.2, 0) is 13.0 Å². The molecule has 0 aliphatic carbocycles. The summed E-state index contributed by atoms with van der Waals surface area (Å²) in [4.78, 5) is 4.25. The first kappa shape index (κ1) is 14.0. The highest BCUT2D eigenvalue weighted by molar-refractivity contribution is 7.10. The van der Waals surface area contributed by atoms with Crippen molar-refractivity contribution in [1.29, 1.82) is 0 Å². The maximum absolute atomic E-state index is 3.65. The normalized spacial score (nSPS) is 18.7. The zero-order valence-electron chi connectivity index (χ0n) is 12.1. The van der Waals surface area contributed by atoms with Crippen molar-refractivity contribution in [2.45, 2.75) is 58.7 Å². The monoisotopic (exact) mass is 266 g/mol. The van der Waals surface area contributed by atoms with Crippen LogP contribution in [0.4, 0.5) is 0 Å². The van der Waals surface area contributed by atoms with E-state index in [1.54, 1.807) is 10.4 Å². The van der Waals surface area contributed by atoms with Crippen molar-refractivity contribution in [1.82, 2.24) is 10.2 Å². The summed E-state index contributed by atoms with van der Waals surface area (Å²) in [5.74, 6) is 0. The second kappa shape index (κ2) is 5.72. The Morgan fingerprint density at radius 3 is 2.89 bits per heavy atom. The first-order valence-corrected chi connectivity index (χ1v) is 7.92. The van der Waals surface area contributed by atoms with E-state index in [0.29, 0.717) is 6.04 Å². The molecule has 2 rings (SSSR count). The minimum Gasteiger partial charge on any atom is -0.311 e. The number of fused-ring (bicyclic) bond motifs is 1. The number of hydrogen-bond donors (Lipinski definition) is 1. The van der Waals surface area contributed by atoms with Crippen molar-refractivity contribution in [2.75, 3.05) is 13.1 Å². The van der Waals surface area contributed by atoms with Crippen LogP contribution in [0.5, 0.6) is 0 Å². The van der Waals surface area contributed by atoms with E-state index in [0.717, 1.165) is 13.1 Å². The smallest absolute Gasteiger partial charge is 0.0248 e. The lowest BCUT2D eigenvalue weighted by atomic mass is 10.0. The maximum Gasteiger partial charge on any atom is 0.0248 e. The van der Waals surface area contributed by atoms with E-state index in [1.807, 2.05) is 11.3 Å². The zero-order valence-corrected chi connectivity index (χ0v) is 12.9. The van der Waals surface area contributed by atoms with Crippen LogP contribution in [0.25, 0.3) is 0 Å². The fraction of sp³-hybridized carbons (Fsp3) is 0.733. The van der Waals surface area contributed by atoms with E-state index in [2.05, 4.69) is 49.4 Å². The van der Waals surface area contributed by atoms with Crippen LogP contribution in [-0.4, -0.2) is 29.6 Å². The molecule has 1 atom stereocenters. The van der Waals surface area contributed by atoms with Gasteiger partial charge in [-0.15, -0.1) is 11.3 Å². The molecule has 1 aliphatic heterocycles. The van der Waals surface area contributed by atoms with Crippen LogP contribution in [0.3, 0.4) is 0 Å². The van der Waals surface area contributed by atoms with Crippen LogP contribution in [0, 0.1) is 0 Å². The molecular formula is C15H26N2S. The Morgan fingerprint density at radius 1 is 1.44 bits per heavy atom. The van der Waals surface area contributed by atoms with E-state index < -0.39 is 0 Å². The Kier molecular flexibility index (Phi) is 4.46. The van der Waals surface area contributed by atoms with Crippen molar-refractivity contribution in [3.8, 4) is 0 Å². The lowest BCUT2D eigenvalue weighted by Crippen LogP contribution is -2.48. The third kappa shape index (κ3) is 3.56. The van der Waals surface area contributed by atoms with Crippen LogP contribution < -0.4 is 5.32 Å². The van der Waals surface area contributed by atoms with Crippen molar-refractivity contribution in [2.24, 2.45) is 0 Å². The summed E-state index contributed by atoms with van der Waals surface area (Å²) >= 11 is 1.92. The molecule has 1 aromatic heterocycles. The van der Waals surface area contributed by atoms with Gasteiger partial charge in [0, 0.05) is 36.1 Å². The summed E-state index contributed by atoms with van der Waals surface area (Å²) in [6.07, 6.45) is 2.46. The highest BCUT2D eigenvalue weighted by Crippen LogP contribution is 2.25. The van der Waals surface area contributed by atoms with Gasteiger partial charge in [-0.1, -0.05) is 6.92 Å². The predicted molar refractivity (Wildman–Crippen MR) is 80.3 cm³/mol. The molecular weight excluding hydrogens is 240 g/mol. The highest BCUT2D eigenvalue weighted by Gasteiger charge is 2.24. The van der Waals surface area contributed by atoms with Gasteiger partial charge < -0.3 is 5.32 Å². The van der Waals surface area contributed by atoms with Gasteiger partial charge in [-0.25, -0.2) is 0 Å². The molecule has 0 amide bonds. The second-order valence-electron chi connectivity index (χ2n) is 6.28. The van der Waals surface area contributed by atoms with Gasteiger partial charge in [-0.05, 0) is 50.6 Å². The number of hydrogen-bond acceptors (Lipinski definition) is 3. The van der Waals surface area contributed by atoms with Crippen LogP contribution >= 0.6 is 11.3 Å². The van der Waals surface area contributed by atoms with E-state index in [4.69, 9.17) is 0 Å². The van der Waals surface area contributed by atoms with Crippen LogP contribution in [0.1, 0.15) is 44.6 Å². The first-order valence-electron chi connectivity index (χ1n) is 7.04. The number of nitrogens with zero attached hydrogens (tertiary/aromatic N) is 1. The third-order valence-corrected chi connectivity index (χ3v) is 4.72. The number of rotatable bonds is 4. The van der Waals surface area contributed by atoms with Gasteiger partial charge in [0.2, 0.25) is 0 Å². The SMILES string of the molecule is CCC(CNC(C)(C)C)N1CCc2sccc2C1. The summed E-state index contributed by atoms with van der Waals surface area (Å²) < 4.78 is 0. The molecule has 0 fully saturated rings. The largest absolute Gasteiger partial charge is 0.311 e. The Hall–Kier alpha value is -0.380. The fourth-order valence-corrected chi connectivity index (χ4v) is 3.43. The van der Waals surface area contributed by atoms with Gasteiger partial charge in [0.15, 0.2) is 0 Å². The Labute approximate surface area is 115 Å². The fourth-order valence-electron chi connectivity index (χ4n) is 2.54. The lowest BCUT2D eigenvalue weighted by molar-refractivity contribution is 0.163. The molecule has 0 saturated heterocycles. The minimum absolute atomic E-state index is 0.219. The number of thiophene rings is 1. The van der Waals surface area contributed by atoms with Crippen molar-refractivity contribution in [3.05, 3.63) is 21.9 Å². The van der Waals surface area contributed by atoms with Crippen molar-refractivity contribution >= 4 is 11.3 Å². The maximum atomic E-state index is 3.65. The summed E-state index contributed by atoms with van der Waals surface area (Å²) in [7, 11) is 0. The van der Waals surface area contributed by atoms with Crippen LogP contribution in [0.2, 0.25) is 0 Å². The Balaban J connectivity index is 1.94. The summed E-state index contributed by atoms with van der Waals surface area (Å²) in [5, 5.41) is 5.89. The molecule has 18 heavy (non-hydrogen) atoms. The summed E-state index contributed by atoms with van der Waals surface area (Å²) in [6.45, 7) is 12.5. The van der Waals surface area contributed by atoms with E-state index in [1.165, 1.54) is 19.4 Å². The predicted octanol–water partition coefficient (Wildman–Crippen LogP) is 3.27. The average molecular weight is 266 g/mol. The minimum atomic E-state index is 0.219. The molecule has 1 aliphatic rings.